The molecule has 0 saturated carbocycles. The molecule has 3 heterocycles. The normalized spacial score (nSPS) is 11.9. The fourth-order valence-electron chi connectivity index (χ4n) is 2.01. The second-order valence-corrected chi connectivity index (χ2v) is 5.89. The minimum absolute atomic E-state index is 0.310. The molecule has 0 aliphatic carbocycles. The minimum atomic E-state index is -4.71. The maximum absolute atomic E-state index is 13.6. The third-order valence-corrected chi connectivity index (χ3v) is 4.21. The lowest BCUT2D eigenvalue weighted by Crippen LogP contribution is -2.19. The first-order valence-corrected chi connectivity index (χ1v) is 7.53. The molecule has 0 fully saturated rings. The zero-order valence-electron chi connectivity index (χ0n) is 11.6. The molecule has 130 valence electrons. The van der Waals surface area contributed by atoms with Crippen LogP contribution in [0, 0.1) is 5.82 Å². The molecule has 0 aliphatic heterocycles. The Hall–Kier alpha value is -2.53. The number of aromatic nitrogens is 3. The van der Waals surface area contributed by atoms with Crippen LogP contribution in [0.4, 0.5) is 17.6 Å². The molecule has 0 spiro atoms. The van der Waals surface area contributed by atoms with Crippen molar-refractivity contribution in [2.24, 2.45) is 0 Å². The molecule has 0 saturated heterocycles. The number of fused-ring (bicyclic) bond motifs is 1. The van der Waals surface area contributed by atoms with E-state index >= 15 is 0 Å². The predicted octanol–water partition coefficient (Wildman–Crippen LogP) is 3.35. The first kappa shape index (κ1) is 17.3. The monoisotopic (exact) mass is 393 g/mol. The SMILES string of the molecule is O=C(O)c1cn(-c2nc(C(F)(F)F)cs2)c2nc(Cl)c(F)cc2c1=O. The molecule has 25 heavy (non-hydrogen) atoms. The van der Waals surface area contributed by atoms with Gasteiger partial charge in [-0.15, -0.1) is 11.3 Å². The number of nitrogens with zero attached hydrogens (tertiary/aromatic N) is 3. The van der Waals surface area contributed by atoms with Crippen molar-refractivity contribution in [3.8, 4) is 5.13 Å². The summed E-state index contributed by atoms with van der Waals surface area (Å²) in [5, 5.41) is 8.43. The molecule has 6 nitrogen and oxygen atoms in total. The van der Waals surface area contributed by atoms with E-state index in [4.69, 9.17) is 16.7 Å². The fraction of sp³-hybridized carbons (Fsp3) is 0.0769. The van der Waals surface area contributed by atoms with Crippen LogP contribution in [-0.4, -0.2) is 25.6 Å². The van der Waals surface area contributed by atoms with Gasteiger partial charge in [0.05, 0.1) is 5.39 Å². The van der Waals surface area contributed by atoms with E-state index in [1.165, 1.54) is 0 Å². The van der Waals surface area contributed by atoms with Crippen LogP contribution in [0.15, 0.2) is 22.4 Å². The van der Waals surface area contributed by atoms with Crippen LogP contribution in [0.25, 0.3) is 16.2 Å². The van der Waals surface area contributed by atoms with E-state index in [-0.39, 0.29) is 10.8 Å². The summed E-state index contributed by atoms with van der Waals surface area (Å²) in [5.41, 5.74) is -3.34. The van der Waals surface area contributed by atoms with Crippen LogP contribution in [0.3, 0.4) is 0 Å². The Kier molecular flexibility index (Phi) is 4.00. The predicted molar refractivity (Wildman–Crippen MR) is 79.9 cm³/mol. The summed E-state index contributed by atoms with van der Waals surface area (Å²) < 4.78 is 52.6. The number of pyridine rings is 2. The van der Waals surface area contributed by atoms with E-state index in [9.17, 15) is 27.2 Å². The summed E-state index contributed by atoms with van der Waals surface area (Å²) >= 11 is 6.11. The summed E-state index contributed by atoms with van der Waals surface area (Å²) in [6.45, 7) is 0. The average molecular weight is 394 g/mol. The Morgan fingerprint density at radius 1 is 1.32 bits per heavy atom. The van der Waals surface area contributed by atoms with E-state index in [0.717, 1.165) is 10.8 Å². The number of rotatable bonds is 2. The third-order valence-electron chi connectivity index (χ3n) is 3.11. The summed E-state index contributed by atoms with van der Waals surface area (Å²) in [7, 11) is 0. The van der Waals surface area contributed by atoms with Gasteiger partial charge in [0.25, 0.3) is 0 Å². The van der Waals surface area contributed by atoms with Crippen molar-refractivity contribution >= 4 is 39.9 Å². The number of thiazole rings is 1. The number of hydrogen-bond acceptors (Lipinski definition) is 5. The molecule has 0 amide bonds. The Bertz CT molecular complexity index is 1080. The zero-order valence-corrected chi connectivity index (χ0v) is 13.2. The van der Waals surface area contributed by atoms with E-state index in [1.54, 1.807) is 0 Å². The molecule has 0 bridgehead atoms. The van der Waals surface area contributed by atoms with Crippen LogP contribution >= 0.6 is 22.9 Å². The molecule has 0 atom stereocenters. The Morgan fingerprint density at radius 2 is 2.00 bits per heavy atom. The number of halogens is 5. The second kappa shape index (κ2) is 5.77. The van der Waals surface area contributed by atoms with E-state index < -0.39 is 45.2 Å². The molecule has 0 radical (unpaired) electrons. The summed E-state index contributed by atoms with van der Waals surface area (Å²) in [5.74, 6) is -2.71. The Labute approximate surface area is 143 Å². The fourth-order valence-corrected chi connectivity index (χ4v) is 2.95. The van der Waals surface area contributed by atoms with Gasteiger partial charge in [-0.1, -0.05) is 11.6 Å². The summed E-state index contributed by atoms with van der Waals surface area (Å²) in [6.07, 6.45) is -3.94. The van der Waals surface area contributed by atoms with Gasteiger partial charge in [-0.2, -0.15) is 13.2 Å². The van der Waals surface area contributed by atoms with Crippen LogP contribution in [0.2, 0.25) is 5.15 Å². The molecule has 3 rings (SSSR count). The minimum Gasteiger partial charge on any atom is -0.477 e. The molecule has 1 N–H and O–H groups in total. The lowest BCUT2D eigenvalue weighted by molar-refractivity contribution is -0.140. The van der Waals surface area contributed by atoms with Crippen LogP contribution < -0.4 is 5.43 Å². The van der Waals surface area contributed by atoms with Gasteiger partial charge in [-0.05, 0) is 6.07 Å². The van der Waals surface area contributed by atoms with Gasteiger partial charge in [0.1, 0.15) is 5.56 Å². The number of alkyl halides is 3. The van der Waals surface area contributed by atoms with Gasteiger partial charge in [0.15, 0.2) is 27.4 Å². The average Bonchev–Trinajstić information content (AvgIpc) is 2.99. The van der Waals surface area contributed by atoms with Gasteiger partial charge >= 0.3 is 12.1 Å². The van der Waals surface area contributed by atoms with Gasteiger partial charge in [0, 0.05) is 11.6 Å². The molecule has 0 unspecified atom stereocenters. The lowest BCUT2D eigenvalue weighted by atomic mass is 10.2. The topological polar surface area (TPSA) is 85.1 Å². The third kappa shape index (κ3) is 2.96. The number of hydrogen-bond donors (Lipinski definition) is 1. The quantitative estimate of drug-likeness (QED) is 0.533. The van der Waals surface area contributed by atoms with Crippen LogP contribution in [0.5, 0.6) is 0 Å². The zero-order chi connectivity index (χ0) is 18.5. The highest BCUT2D eigenvalue weighted by atomic mass is 35.5. The smallest absolute Gasteiger partial charge is 0.434 e. The number of carboxylic acids is 1. The van der Waals surface area contributed by atoms with Gasteiger partial charge < -0.3 is 5.11 Å². The molecule has 12 heteroatoms. The summed E-state index contributed by atoms with van der Waals surface area (Å²) in [6, 6.07) is 0.675. The highest BCUT2D eigenvalue weighted by Crippen LogP contribution is 2.32. The standard InChI is InChI=1S/C13H4ClF4N3O3S/c14-9-6(15)1-4-8(22)5(11(23)24)2-21(10(4)20-9)12-19-7(3-25-12)13(16,17)18/h1-3H,(H,23,24). The lowest BCUT2D eigenvalue weighted by Gasteiger charge is -2.09. The van der Waals surface area contributed by atoms with E-state index in [0.29, 0.717) is 22.8 Å². The van der Waals surface area contributed by atoms with Gasteiger partial charge in [-0.25, -0.2) is 19.2 Å². The second-order valence-electron chi connectivity index (χ2n) is 4.69. The molecule has 0 aromatic carbocycles. The van der Waals surface area contributed by atoms with Crippen LogP contribution in [0.1, 0.15) is 16.1 Å². The van der Waals surface area contributed by atoms with Crippen molar-refractivity contribution in [3.05, 3.63) is 50.1 Å². The van der Waals surface area contributed by atoms with E-state index in [2.05, 4.69) is 9.97 Å². The van der Waals surface area contributed by atoms with Crippen molar-refractivity contribution in [3.63, 3.8) is 0 Å². The Morgan fingerprint density at radius 3 is 2.56 bits per heavy atom. The largest absolute Gasteiger partial charge is 0.477 e. The maximum atomic E-state index is 13.6. The van der Waals surface area contributed by atoms with Crippen LogP contribution in [-0.2, 0) is 6.18 Å². The van der Waals surface area contributed by atoms with Crippen molar-refractivity contribution in [1.29, 1.82) is 0 Å². The molecular weight excluding hydrogens is 390 g/mol. The van der Waals surface area contributed by atoms with Crippen molar-refractivity contribution in [1.82, 2.24) is 14.5 Å². The molecule has 3 aromatic rings. The van der Waals surface area contributed by atoms with Crippen molar-refractivity contribution < 1.29 is 27.5 Å². The van der Waals surface area contributed by atoms with Gasteiger partial charge in [0.2, 0.25) is 5.43 Å². The molecular formula is C13H4ClF4N3O3S. The molecule has 0 aliphatic rings. The Balaban J connectivity index is 2.39. The van der Waals surface area contributed by atoms with Crippen molar-refractivity contribution in [2.45, 2.75) is 6.18 Å². The van der Waals surface area contributed by atoms with Gasteiger partial charge in [-0.3, -0.25) is 9.36 Å². The highest BCUT2D eigenvalue weighted by Gasteiger charge is 2.34. The number of carbonyl (C=O) groups is 1. The first-order valence-electron chi connectivity index (χ1n) is 6.27. The number of carboxylic acid groups (broad SMARTS) is 1. The molecule has 3 aromatic heterocycles. The van der Waals surface area contributed by atoms with Crippen molar-refractivity contribution in [2.75, 3.05) is 0 Å². The number of aromatic carboxylic acids is 1. The first-order chi connectivity index (χ1) is 11.6. The highest BCUT2D eigenvalue weighted by molar-refractivity contribution is 7.12. The van der Waals surface area contributed by atoms with E-state index in [1.807, 2.05) is 0 Å². The summed E-state index contributed by atoms with van der Waals surface area (Å²) in [4.78, 5) is 30.4. The maximum Gasteiger partial charge on any atom is 0.434 e.